The molecule has 30 heavy (non-hydrogen) atoms. The van der Waals surface area contributed by atoms with E-state index in [1.807, 2.05) is 19.9 Å². The van der Waals surface area contributed by atoms with E-state index in [2.05, 4.69) is 83.5 Å². The van der Waals surface area contributed by atoms with Crippen LogP contribution >= 0.6 is 31.9 Å². The maximum Gasteiger partial charge on any atom is 0.165 e. The first-order chi connectivity index (χ1) is 14.4. The number of nitrogens with one attached hydrogen (secondary N) is 1. The smallest absolute Gasteiger partial charge is 0.165 e. The van der Waals surface area contributed by atoms with Crippen molar-refractivity contribution in [3.63, 3.8) is 0 Å². The number of hydrogen-bond acceptors (Lipinski definition) is 5. The highest BCUT2D eigenvalue weighted by atomic mass is 79.9. The molecule has 0 unspecified atom stereocenters. The number of halogens is 2. The lowest BCUT2D eigenvalue weighted by atomic mass is 10.0. The molecule has 0 aliphatic rings. The van der Waals surface area contributed by atoms with Crippen LogP contribution in [0.4, 0.5) is 5.82 Å². The van der Waals surface area contributed by atoms with Crippen LogP contribution in [0.3, 0.4) is 0 Å². The Morgan fingerprint density at radius 3 is 2.53 bits per heavy atom. The lowest BCUT2D eigenvalue weighted by molar-refractivity contribution is 0.473. The van der Waals surface area contributed by atoms with Crippen molar-refractivity contribution in [2.75, 3.05) is 5.43 Å². The predicted octanol–water partition coefficient (Wildman–Crippen LogP) is 6.86. The molecule has 2 aromatic carbocycles. The minimum absolute atomic E-state index is 0.0950. The zero-order valence-electron chi connectivity index (χ0n) is 17.2. The summed E-state index contributed by atoms with van der Waals surface area (Å²) in [6.07, 6.45) is 3.50. The van der Waals surface area contributed by atoms with Gasteiger partial charge in [-0.25, -0.2) is 9.97 Å². The molecule has 0 spiro atoms. The summed E-state index contributed by atoms with van der Waals surface area (Å²) < 4.78 is 1.39. The number of phenols is 1. The van der Waals surface area contributed by atoms with Gasteiger partial charge >= 0.3 is 0 Å². The molecule has 1 heterocycles. The monoisotopic (exact) mass is 530 g/mol. The summed E-state index contributed by atoms with van der Waals surface area (Å²) in [5, 5.41) is 14.9. The third-order valence-electron chi connectivity index (χ3n) is 4.65. The van der Waals surface area contributed by atoms with E-state index >= 15 is 0 Å². The number of aromatic nitrogens is 2. The summed E-state index contributed by atoms with van der Waals surface area (Å²) >= 11 is 6.79. The first-order valence-electron chi connectivity index (χ1n) is 9.81. The van der Waals surface area contributed by atoms with Gasteiger partial charge in [-0.1, -0.05) is 53.5 Å². The molecule has 0 fully saturated rings. The van der Waals surface area contributed by atoms with Crippen LogP contribution in [0, 0.1) is 6.92 Å². The highest BCUT2D eigenvalue weighted by molar-refractivity contribution is 9.11. The lowest BCUT2D eigenvalue weighted by Gasteiger charge is -2.10. The van der Waals surface area contributed by atoms with Crippen LogP contribution < -0.4 is 5.43 Å². The van der Waals surface area contributed by atoms with Crippen molar-refractivity contribution in [3.8, 4) is 17.1 Å². The number of phenolic OH excluding ortho intramolecular Hbond substituents is 1. The van der Waals surface area contributed by atoms with E-state index in [-0.39, 0.29) is 5.75 Å². The van der Waals surface area contributed by atoms with E-state index < -0.39 is 0 Å². The van der Waals surface area contributed by atoms with Crippen LogP contribution in [0.15, 0.2) is 56.5 Å². The van der Waals surface area contributed by atoms with Gasteiger partial charge in [0.2, 0.25) is 0 Å². The predicted molar refractivity (Wildman–Crippen MR) is 130 cm³/mol. The second-order valence-electron chi connectivity index (χ2n) is 7.11. The molecule has 2 N–H and O–H groups in total. The van der Waals surface area contributed by atoms with Crippen molar-refractivity contribution < 1.29 is 5.11 Å². The highest BCUT2D eigenvalue weighted by Gasteiger charge is 2.13. The first kappa shape index (κ1) is 22.4. The summed E-state index contributed by atoms with van der Waals surface area (Å²) in [6, 6.07) is 13.9. The molecule has 0 bridgehead atoms. The number of aryl methyl sites for hydroxylation is 2. The second-order valence-corrected chi connectivity index (χ2v) is 8.88. The van der Waals surface area contributed by atoms with E-state index in [9.17, 15) is 5.11 Å². The Hall–Kier alpha value is -2.25. The SMILES string of the molecule is CCCCc1ccc(/C(C)=N/Nc2cc(C)nc(-c3cc(Br)cc(Br)c3O)n2)cc1. The molecular weight excluding hydrogens is 508 g/mol. The number of unbranched alkanes of at least 4 members (excludes halogenated alkanes) is 1. The molecule has 0 saturated carbocycles. The lowest BCUT2D eigenvalue weighted by Crippen LogP contribution is -2.03. The van der Waals surface area contributed by atoms with Gasteiger partial charge in [0.1, 0.15) is 5.75 Å². The molecule has 0 aliphatic carbocycles. The van der Waals surface area contributed by atoms with E-state index in [1.54, 1.807) is 12.1 Å². The second kappa shape index (κ2) is 10.2. The van der Waals surface area contributed by atoms with Gasteiger partial charge < -0.3 is 5.11 Å². The maximum atomic E-state index is 10.4. The maximum absolute atomic E-state index is 10.4. The Kier molecular flexibility index (Phi) is 7.61. The summed E-state index contributed by atoms with van der Waals surface area (Å²) in [5.74, 6) is 1.08. The van der Waals surface area contributed by atoms with Crippen LogP contribution in [0.2, 0.25) is 0 Å². The normalized spacial score (nSPS) is 11.6. The molecule has 0 radical (unpaired) electrons. The number of anilines is 1. The first-order valence-corrected chi connectivity index (χ1v) is 11.4. The van der Waals surface area contributed by atoms with Gasteiger partial charge in [0.15, 0.2) is 11.6 Å². The molecule has 3 aromatic rings. The van der Waals surface area contributed by atoms with E-state index in [4.69, 9.17) is 0 Å². The highest BCUT2D eigenvalue weighted by Crippen LogP contribution is 2.37. The van der Waals surface area contributed by atoms with E-state index in [0.29, 0.717) is 21.7 Å². The Morgan fingerprint density at radius 1 is 1.10 bits per heavy atom. The molecule has 5 nitrogen and oxygen atoms in total. The van der Waals surface area contributed by atoms with Crippen LogP contribution in [-0.4, -0.2) is 20.8 Å². The summed E-state index contributed by atoms with van der Waals surface area (Å²) in [6.45, 7) is 6.04. The van der Waals surface area contributed by atoms with Crippen molar-refractivity contribution in [2.24, 2.45) is 5.10 Å². The van der Waals surface area contributed by atoms with Crippen LogP contribution in [0.5, 0.6) is 5.75 Å². The van der Waals surface area contributed by atoms with Gasteiger partial charge in [-0.2, -0.15) is 5.10 Å². The third kappa shape index (κ3) is 5.67. The fourth-order valence-electron chi connectivity index (χ4n) is 2.98. The van der Waals surface area contributed by atoms with Crippen LogP contribution in [-0.2, 0) is 6.42 Å². The van der Waals surface area contributed by atoms with Gasteiger partial charge in [-0.05, 0) is 65.9 Å². The minimum Gasteiger partial charge on any atom is -0.506 e. The molecule has 7 heteroatoms. The molecule has 0 saturated heterocycles. The number of rotatable bonds is 7. The van der Waals surface area contributed by atoms with Gasteiger partial charge in [-0.15, -0.1) is 0 Å². The molecule has 3 rings (SSSR count). The molecule has 0 atom stereocenters. The fraction of sp³-hybridized carbons (Fsp3) is 0.261. The van der Waals surface area contributed by atoms with Crippen LogP contribution in [0.1, 0.15) is 43.5 Å². The standard InChI is InChI=1S/C23H24Br2N4O/c1-4-5-6-16-7-9-17(10-8-16)15(3)28-29-21-11-14(2)26-23(27-21)19-12-18(24)13-20(25)22(19)30/h7-13,30H,4-6H2,1-3H3,(H,26,27,29)/b28-15+. The Bertz CT molecular complexity index is 1070. The van der Waals surface area contributed by atoms with E-state index in [0.717, 1.165) is 27.9 Å². The average Bonchev–Trinajstić information content (AvgIpc) is 2.73. The Balaban J connectivity index is 1.82. The quantitative estimate of drug-likeness (QED) is 0.258. The topological polar surface area (TPSA) is 70.4 Å². The molecular formula is C23H24Br2N4O. The summed E-state index contributed by atoms with van der Waals surface area (Å²) in [5.41, 5.74) is 7.59. The van der Waals surface area contributed by atoms with Gasteiger partial charge in [0.05, 0.1) is 15.7 Å². The van der Waals surface area contributed by atoms with Crippen molar-refractivity contribution in [1.82, 2.24) is 9.97 Å². The Morgan fingerprint density at radius 2 is 1.83 bits per heavy atom. The third-order valence-corrected chi connectivity index (χ3v) is 5.71. The zero-order chi connectivity index (χ0) is 21.7. The van der Waals surface area contributed by atoms with Crippen molar-refractivity contribution in [2.45, 2.75) is 40.0 Å². The molecule has 156 valence electrons. The molecule has 0 amide bonds. The summed E-state index contributed by atoms with van der Waals surface area (Å²) in [7, 11) is 0. The van der Waals surface area contributed by atoms with E-state index in [1.165, 1.54) is 18.4 Å². The van der Waals surface area contributed by atoms with Crippen LogP contribution in [0.25, 0.3) is 11.4 Å². The number of benzene rings is 2. The number of hydrogen-bond donors (Lipinski definition) is 2. The van der Waals surface area contributed by atoms with Gasteiger partial charge in [0.25, 0.3) is 0 Å². The minimum atomic E-state index is 0.0950. The van der Waals surface area contributed by atoms with Gasteiger partial charge in [-0.3, -0.25) is 5.43 Å². The zero-order valence-corrected chi connectivity index (χ0v) is 20.4. The van der Waals surface area contributed by atoms with Crippen molar-refractivity contribution in [1.29, 1.82) is 0 Å². The van der Waals surface area contributed by atoms with Crippen molar-refractivity contribution >= 4 is 43.4 Å². The molecule has 0 aliphatic heterocycles. The summed E-state index contributed by atoms with van der Waals surface area (Å²) in [4.78, 5) is 8.99. The fourth-order valence-corrected chi connectivity index (χ4v) is 4.21. The van der Waals surface area contributed by atoms with Gasteiger partial charge in [0, 0.05) is 16.2 Å². The molecule has 1 aromatic heterocycles. The Labute approximate surface area is 193 Å². The number of nitrogens with zero attached hydrogens (tertiary/aromatic N) is 3. The number of aromatic hydroxyl groups is 1. The largest absolute Gasteiger partial charge is 0.506 e. The average molecular weight is 532 g/mol. The number of hydrazone groups is 1. The van der Waals surface area contributed by atoms with Crippen molar-refractivity contribution in [3.05, 3.63) is 68.2 Å².